The summed E-state index contributed by atoms with van der Waals surface area (Å²) < 4.78 is 5.79. The van der Waals surface area contributed by atoms with Crippen molar-refractivity contribution in [3.05, 3.63) is 59.1 Å². The fourth-order valence-corrected chi connectivity index (χ4v) is 3.78. The van der Waals surface area contributed by atoms with Crippen LogP contribution in [0.25, 0.3) is 0 Å². The largest absolute Gasteiger partial charge is 0.478 e. The summed E-state index contributed by atoms with van der Waals surface area (Å²) in [7, 11) is 0. The molecule has 1 fully saturated rings. The Morgan fingerprint density at radius 3 is 2.45 bits per heavy atom. The molecule has 2 heterocycles. The normalized spacial score (nSPS) is 17.5. The fourth-order valence-electron chi connectivity index (χ4n) is 3.66. The second-order valence-electron chi connectivity index (χ2n) is 7.68. The maximum atomic E-state index is 13.0. The van der Waals surface area contributed by atoms with E-state index in [1.807, 2.05) is 48.2 Å². The van der Waals surface area contributed by atoms with Crippen molar-refractivity contribution in [2.75, 3.05) is 37.9 Å². The number of nitrogens with zero attached hydrogens (tertiary/aromatic N) is 4. The molecule has 0 bridgehead atoms. The summed E-state index contributed by atoms with van der Waals surface area (Å²) in [5, 5.41) is 6.48. The van der Waals surface area contributed by atoms with Crippen LogP contribution < -0.4 is 9.75 Å². The predicted octanol–water partition coefficient (Wildman–Crippen LogP) is 3.31. The fraction of sp³-hybridized carbons (Fsp3) is 0.348. The number of benzene rings is 2. The molecule has 0 aliphatic carbocycles. The molecule has 2 aromatic rings. The van der Waals surface area contributed by atoms with Gasteiger partial charge in [-0.1, -0.05) is 29.8 Å². The maximum Gasteiger partial charge on any atom is 0.270 e. The first-order valence-electron chi connectivity index (χ1n) is 10.4. The zero-order chi connectivity index (χ0) is 21.8. The molecule has 2 amide bonds. The number of halogens is 1. The van der Waals surface area contributed by atoms with Gasteiger partial charge in [-0.3, -0.25) is 14.5 Å². The van der Waals surface area contributed by atoms with Crippen molar-refractivity contribution in [3.8, 4) is 5.75 Å². The lowest BCUT2D eigenvalue weighted by atomic mass is 10.1. The molecular formula is C23H25ClN4O3. The highest BCUT2D eigenvalue weighted by Gasteiger charge is 2.30. The number of ether oxygens (including phenoxy) is 1. The number of hydrogen-bond donors (Lipinski definition) is 0. The molecule has 0 N–H and O–H groups in total. The molecule has 0 aromatic heterocycles. The van der Waals surface area contributed by atoms with Gasteiger partial charge in [-0.25, -0.2) is 5.01 Å². The number of hydrogen-bond acceptors (Lipinski definition) is 5. The van der Waals surface area contributed by atoms with Crippen LogP contribution in [0.4, 0.5) is 5.69 Å². The predicted molar refractivity (Wildman–Crippen MR) is 120 cm³/mol. The van der Waals surface area contributed by atoms with Gasteiger partial charge in [-0.2, -0.15) is 5.10 Å². The van der Waals surface area contributed by atoms with Crippen LogP contribution in [-0.2, 0) is 9.59 Å². The van der Waals surface area contributed by atoms with Gasteiger partial charge in [0.1, 0.15) is 18.2 Å². The van der Waals surface area contributed by atoms with Gasteiger partial charge in [0.25, 0.3) is 5.91 Å². The third-order valence-corrected chi connectivity index (χ3v) is 5.76. The summed E-state index contributed by atoms with van der Waals surface area (Å²) >= 11 is 5.89. The molecule has 0 unspecified atom stereocenters. The minimum absolute atomic E-state index is 0.0879. The van der Waals surface area contributed by atoms with E-state index in [4.69, 9.17) is 16.3 Å². The quantitative estimate of drug-likeness (QED) is 0.715. The third-order valence-electron chi connectivity index (χ3n) is 5.51. The summed E-state index contributed by atoms with van der Waals surface area (Å²) in [5.74, 6) is 0.583. The first-order valence-corrected chi connectivity index (χ1v) is 10.7. The number of para-hydroxylation sites is 1. The number of anilines is 1. The van der Waals surface area contributed by atoms with Crippen molar-refractivity contribution < 1.29 is 14.3 Å². The number of piperazine rings is 1. The van der Waals surface area contributed by atoms with Crippen molar-refractivity contribution >= 4 is 34.8 Å². The zero-order valence-corrected chi connectivity index (χ0v) is 18.2. The standard InChI is InChI=1S/C23H25ClN4O3/c1-17-4-2-3-5-21(17)28-22(29)11-10-20(25-28)23(30)27-14-12-26(13-15-27)16-31-19-8-6-18(24)7-9-19/h2-9H,10-16H2,1H3. The van der Waals surface area contributed by atoms with E-state index in [2.05, 4.69) is 10.0 Å². The van der Waals surface area contributed by atoms with Crippen molar-refractivity contribution in [1.82, 2.24) is 9.80 Å². The second-order valence-corrected chi connectivity index (χ2v) is 8.11. The van der Waals surface area contributed by atoms with Crippen LogP contribution in [0.5, 0.6) is 5.75 Å². The van der Waals surface area contributed by atoms with Gasteiger partial charge in [0, 0.05) is 44.0 Å². The molecule has 2 aromatic carbocycles. The lowest BCUT2D eigenvalue weighted by Gasteiger charge is -2.35. The van der Waals surface area contributed by atoms with E-state index in [1.54, 1.807) is 12.1 Å². The minimum atomic E-state index is -0.0932. The second kappa shape index (κ2) is 9.49. The topological polar surface area (TPSA) is 65.5 Å². The van der Waals surface area contributed by atoms with Crippen molar-refractivity contribution in [1.29, 1.82) is 0 Å². The Hall–Kier alpha value is -2.90. The Kier molecular flexibility index (Phi) is 6.53. The first-order chi connectivity index (χ1) is 15.0. The molecule has 31 heavy (non-hydrogen) atoms. The molecule has 0 saturated carbocycles. The van der Waals surface area contributed by atoms with E-state index < -0.39 is 0 Å². The van der Waals surface area contributed by atoms with E-state index in [1.165, 1.54) is 5.01 Å². The van der Waals surface area contributed by atoms with E-state index in [0.29, 0.717) is 50.1 Å². The Morgan fingerprint density at radius 1 is 1.03 bits per heavy atom. The van der Waals surface area contributed by atoms with E-state index in [-0.39, 0.29) is 18.2 Å². The highest BCUT2D eigenvalue weighted by atomic mass is 35.5. The summed E-state index contributed by atoms with van der Waals surface area (Å²) in [6.07, 6.45) is 0.660. The van der Waals surface area contributed by atoms with Gasteiger partial charge in [0.15, 0.2) is 0 Å². The highest BCUT2D eigenvalue weighted by Crippen LogP contribution is 2.24. The number of carbonyl (C=O) groups is 2. The van der Waals surface area contributed by atoms with Crippen LogP contribution in [0.3, 0.4) is 0 Å². The molecule has 0 radical (unpaired) electrons. The van der Waals surface area contributed by atoms with Crippen LogP contribution >= 0.6 is 11.6 Å². The molecule has 2 aliphatic rings. The highest BCUT2D eigenvalue weighted by molar-refractivity contribution is 6.40. The number of rotatable bonds is 5. The molecule has 2 aliphatic heterocycles. The molecule has 162 valence electrons. The van der Waals surface area contributed by atoms with Crippen LogP contribution in [0.1, 0.15) is 18.4 Å². The third kappa shape index (κ3) is 5.06. The smallest absolute Gasteiger partial charge is 0.270 e. The average Bonchev–Trinajstić information content (AvgIpc) is 2.79. The monoisotopic (exact) mass is 440 g/mol. The maximum absolute atomic E-state index is 13.0. The van der Waals surface area contributed by atoms with Crippen LogP contribution in [0, 0.1) is 6.92 Å². The van der Waals surface area contributed by atoms with Crippen LogP contribution in [0.15, 0.2) is 53.6 Å². The number of hydrazone groups is 1. The van der Waals surface area contributed by atoms with Gasteiger partial charge in [-0.05, 0) is 42.8 Å². The summed E-state index contributed by atoms with van der Waals surface area (Å²) in [6, 6.07) is 14.8. The SMILES string of the molecule is Cc1ccccc1N1N=C(C(=O)N2CCN(COc3ccc(Cl)cc3)CC2)CCC1=O. The minimum Gasteiger partial charge on any atom is -0.478 e. The first kappa shape index (κ1) is 21.3. The van der Waals surface area contributed by atoms with E-state index in [9.17, 15) is 9.59 Å². The molecule has 1 saturated heterocycles. The van der Waals surface area contributed by atoms with Crippen LogP contribution in [-0.4, -0.2) is 60.2 Å². The van der Waals surface area contributed by atoms with E-state index >= 15 is 0 Å². The Labute approximate surface area is 186 Å². The van der Waals surface area contributed by atoms with Gasteiger partial charge < -0.3 is 9.64 Å². The van der Waals surface area contributed by atoms with Crippen molar-refractivity contribution in [2.45, 2.75) is 19.8 Å². The summed E-state index contributed by atoms with van der Waals surface area (Å²) in [5.41, 5.74) is 2.11. The molecule has 0 spiro atoms. The van der Waals surface area contributed by atoms with Crippen molar-refractivity contribution in [2.24, 2.45) is 5.10 Å². The summed E-state index contributed by atoms with van der Waals surface area (Å²) in [4.78, 5) is 29.4. The lowest BCUT2D eigenvalue weighted by Crippen LogP contribution is -2.52. The van der Waals surface area contributed by atoms with Gasteiger partial charge in [-0.15, -0.1) is 0 Å². The summed E-state index contributed by atoms with van der Waals surface area (Å²) in [6.45, 7) is 5.01. The van der Waals surface area contributed by atoms with Gasteiger partial charge >= 0.3 is 0 Å². The van der Waals surface area contributed by atoms with E-state index in [0.717, 1.165) is 17.0 Å². The Morgan fingerprint density at radius 2 is 1.74 bits per heavy atom. The molecule has 7 nitrogen and oxygen atoms in total. The zero-order valence-electron chi connectivity index (χ0n) is 17.5. The molecule has 0 atom stereocenters. The molecular weight excluding hydrogens is 416 g/mol. The van der Waals surface area contributed by atoms with Gasteiger partial charge in [0.05, 0.1) is 5.69 Å². The van der Waals surface area contributed by atoms with Crippen molar-refractivity contribution in [3.63, 3.8) is 0 Å². The Bertz CT molecular complexity index is 985. The average molecular weight is 441 g/mol. The lowest BCUT2D eigenvalue weighted by molar-refractivity contribution is -0.126. The number of aryl methyl sites for hydroxylation is 1. The molecule has 8 heteroatoms. The number of carbonyl (C=O) groups excluding carboxylic acids is 2. The molecule has 4 rings (SSSR count). The van der Waals surface area contributed by atoms with Gasteiger partial charge in [0.2, 0.25) is 5.91 Å². The van der Waals surface area contributed by atoms with Crippen LogP contribution in [0.2, 0.25) is 5.02 Å². The Balaban J connectivity index is 1.34. The number of amides is 2.